The van der Waals surface area contributed by atoms with Gasteiger partial charge in [-0.25, -0.2) is 0 Å². The molecule has 1 unspecified atom stereocenters. The lowest BCUT2D eigenvalue weighted by Gasteiger charge is -2.47. The van der Waals surface area contributed by atoms with E-state index in [0.717, 1.165) is 39.0 Å². The highest BCUT2D eigenvalue weighted by Crippen LogP contribution is 2.21. The molecule has 0 amide bonds. The fourth-order valence-electron chi connectivity index (χ4n) is 3.06. The Labute approximate surface area is 109 Å². The maximum atomic E-state index is 9.69. The van der Waals surface area contributed by atoms with E-state index < -0.39 is 0 Å². The zero-order valence-electron chi connectivity index (χ0n) is 10.8. The summed E-state index contributed by atoms with van der Waals surface area (Å²) in [5.74, 6) is 0. The van der Waals surface area contributed by atoms with Crippen LogP contribution in [0.3, 0.4) is 0 Å². The molecule has 0 bridgehead atoms. The summed E-state index contributed by atoms with van der Waals surface area (Å²) in [6.45, 7) is 5.42. The van der Waals surface area contributed by atoms with Crippen LogP contribution in [0.25, 0.3) is 0 Å². The molecule has 0 saturated carbocycles. The Bertz CT molecular complexity index is 375. The highest BCUT2D eigenvalue weighted by Gasteiger charge is 2.33. The predicted molar refractivity (Wildman–Crippen MR) is 72.3 cm³/mol. The second-order valence-corrected chi connectivity index (χ2v) is 5.62. The SMILES string of the molecule is OC1CCCN(C2CN(Cc3ccccc3)C2)C1. The van der Waals surface area contributed by atoms with Crippen LogP contribution in [-0.2, 0) is 6.54 Å². The van der Waals surface area contributed by atoms with Crippen molar-refractivity contribution in [2.75, 3.05) is 26.2 Å². The van der Waals surface area contributed by atoms with Gasteiger partial charge in [0.1, 0.15) is 0 Å². The van der Waals surface area contributed by atoms with Crippen LogP contribution in [0.1, 0.15) is 18.4 Å². The van der Waals surface area contributed by atoms with Crippen LogP contribution in [0.15, 0.2) is 30.3 Å². The van der Waals surface area contributed by atoms with Gasteiger partial charge in [-0.15, -0.1) is 0 Å². The van der Waals surface area contributed by atoms with Gasteiger partial charge in [-0.3, -0.25) is 9.80 Å². The van der Waals surface area contributed by atoms with E-state index in [-0.39, 0.29) is 6.10 Å². The minimum Gasteiger partial charge on any atom is -0.392 e. The van der Waals surface area contributed by atoms with Gasteiger partial charge in [0.2, 0.25) is 0 Å². The number of nitrogens with zero attached hydrogens (tertiary/aromatic N) is 2. The lowest BCUT2D eigenvalue weighted by Crippen LogP contribution is -2.61. The van der Waals surface area contributed by atoms with Crippen molar-refractivity contribution < 1.29 is 5.11 Å². The molecule has 2 saturated heterocycles. The molecule has 0 radical (unpaired) electrons. The molecule has 3 nitrogen and oxygen atoms in total. The molecule has 3 heteroatoms. The monoisotopic (exact) mass is 246 g/mol. The molecule has 1 N–H and O–H groups in total. The Hall–Kier alpha value is -0.900. The second-order valence-electron chi connectivity index (χ2n) is 5.62. The van der Waals surface area contributed by atoms with Gasteiger partial charge in [0, 0.05) is 32.2 Å². The summed E-state index contributed by atoms with van der Waals surface area (Å²) >= 11 is 0. The van der Waals surface area contributed by atoms with Crippen molar-refractivity contribution in [2.45, 2.75) is 31.5 Å². The number of aliphatic hydroxyl groups excluding tert-OH is 1. The van der Waals surface area contributed by atoms with Crippen molar-refractivity contribution in [3.8, 4) is 0 Å². The highest BCUT2D eigenvalue weighted by molar-refractivity contribution is 5.15. The van der Waals surface area contributed by atoms with Gasteiger partial charge < -0.3 is 5.11 Å². The zero-order chi connectivity index (χ0) is 12.4. The third kappa shape index (κ3) is 2.74. The molecular weight excluding hydrogens is 224 g/mol. The Morgan fingerprint density at radius 3 is 2.61 bits per heavy atom. The van der Waals surface area contributed by atoms with E-state index in [0.29, 0.717) is 6.04 Å². The van der Waals surface area contributed by atoms with E-state index in [1.54, 1.807) is 0 Å². The van der Waals surface area contributed by atoms with Crippen LogP contribution >= 0.6 is 0 Å². The van der Waals surface area contributed by atoms with E-state index in [1.165, 1.54) is 12.1 Å². The zero-order valence-corrected chi connectivity index (χ0v) is 10.8. The normalized spacial score (nSPS) is 27.1. The van der Waals surface area contributed by atoms with Crippen molar-refractivity contribution in [3.63, 3.8) is 0 Å². The van der Waals surface area contributed by atoms with Crippen molar-refractivity contribution >= 4 is 0 Å². The van der Waals surface area contributed by atoms with Crippen LogP contribution in [-0.4, -0.2) is 53.2 Å². The average molecular weight is 246 g/mol. The fraction of sp³-hybridized carbons (Fsp3) is 0.600. The molecule has 2 fully saturated rings. The first-order valence-electron chi connectivity index (χ1n) is 6.99. The highest BCUT2D eigenvalue weighted by atomic mass is 16.3. The molecule has 0 spiro atoms. The fourth-order valence-corrected chi connectivity index (χ4v) is 3.06. The first-order chi connectivity index (χ1) is 8.81. The number of benzene rings is 1. The molecule has 1 aromatic carbocycles. The first kappa shape index (κ1) is 12.2. The Kier molecular flexibility index (Phi) is 3.64. The molecule has 98 valence electrons. The summed E-state index contributed by atoms with van der Waals surface area (Å²) in [7, 11) is 0. The third-order valence-corrected chi connectivity index (χ3v) is 4.13. The van der Waals surface area contributed by atoms with Crippen molar-refractivity contribution in [3.05, 3.63) is 35.9 Å². The molecule has 1 aromatic rings. The third-order valence-electron chi connectivity index (χ3n) is 4.13. The molecule has 0 aliphatic carbocycles. The maximum absolute atomic E-state index is 9.69. The molecule has 2 heterocycles. The lowest BCUT2D eigenvalue weighted by atomic mass is 10.0. The van der Waals surface area contributed by atoms with Crippen LogP contribution in [0.4, 0.5) is 0 Å². The molecule has 0 aromatic heterocycles. The minimum absolute atomic E-state index is 0.0954. The van der Waals surface area contributed by atoms with Gasteiger partial charge in [0.25, 0.3) is 0 Å². The number of rotatable bonds is 3. The summed E-state index contributed by atoms with van der Waals surface area (Å²) in [6.07, 6.45) is 2.04. The number of likely N-dealkylation sites (tertiary alicyclic amines) is 2. The van der Waals surface area contributed by atoms with Crippen LogP contribution in [0.2, 0.25) is 0 Å². The minimum atomic E-state index is -0.0954. The summed E-state index contributed by atoms with van der Waals surface area (Å²) in [6, 6.07) is 11.3. The number of hydrogen-bond acceptors (Lipinski definition) is 3. The Morgan fingerprint density at radius 2 is 1.89 bits per heavy atom. The van der Waals surface area contributed by atoms with Crippen molar-refractivity contribution in [2.24, 2.45) is 0 Å². The molecule has 3 rings (SSSR count). The van der Waals surface area contributed by atoms with Crippen molar-refractivity contribution in [1.82, 2.24) is 9.80 Å². The van der Waals surface area contributed by atoms with Gasteiger partial charge >= 0.3 is 0 Å². The van der Waals surface area contributed by atoms with Crippen molar-refractivity contribution in [1.29, 1.82) is 0 Å². The van der Waals surface area contributed by atoms with E-state index in [9.17, 15) is 5.11 Å². The number of piperidine rings is 1. The second kappa shape index (κ2) is 5.39. The topological polar surface area (TPSA) is 26.7 Å². The Balaban J connectivity index is 1.45. The van der Waals surface area contributed by atoms with Gasteiger partial charge in [-0.2, -0.15) is 0 Å². The summed E-state index contributed by atoms with van der Waals surface area (Å²) in [5, 5.41) is 9.69. The van der Waals surface area contributed by atoms with Crippen LogP contribution < -0.4 is 0 Å². The van der Waals surface area contributed by atoms with E-state index in [1.807, 2.05) is 0 Å². The van der Waals surface area contributed by atoms with Gasteiger partial charge in [0.05, 0.1) is 6.10 Å². The lowest BCUT2D eigenvalue weighted by molar-refractivity contribution is -0.0182. The average Bonchev–Trinajstić information content (AvgIpc) is 2.34. The van der Waals surface area contributed by atoms with Gasteiger partial charge in [-0.1, -0.05) is 30.3 Å². The predicted octanol–water partition coefficient (Wildman–Crippen LogP) is 1.33. The van der Waals surface area contributed by atoms with E-state index in [4.69, 9.17) is 0 Å². The van der Waals surface area contributed by atoms with E-state index in [2.05, 4.69) is 40.1 Å². The standard InChI is InChI=1S/C15H22N2O/c18-15-7-4-8-17(12-15)14-10-16(11-14)9-13-5-2-1-3-6-13/h1-3,5-6,14-15,18H,4,7-12H2. The maximum Gasteiger partial charge on any atom is 0.0667 e. The number of aliphatic hydroxyl groups is 1. The quantitative estimate of drug-likeness (QED) is 0.871. The molecule has 18 heavy (non-hydrogen) atoms. The number of β-amino-alcohol motifs (C(OH)–C–C–N with tert-alkyl or cyclic N) is 1. The molecule has 1 atom stereocenters. The molecule has 2 aliphatic heterocycles. The van der Waals surface area contributed by atoms with Crippen LogP contribution in [0.5, 0.6) is 0 Å². The first-order valence-corrected chi connectivity index (χ1v) is 6.99. The largest absolute Gasteiger partial charge is 0.392 e. The number of hydrogen-bond donors (Lipinski definition) is 1. The Morgan fingerprint density at radius 1 is 1.11 bits per heavy atom. The van der Waals surface area contributed by atoms with Gasteiger partial charge in [-0.05, 0) is 24.9 Å². The van der Waals surface area contributed by atoms with Crippen LogP contribution in [0, 0.1) is 0 Å². The summed E-state index contributed by atoms with van der Waals surface area (Å²) in [5.41, 5.74) is 1.40. The van der Waals surface area contributed by atoms with E-state index >= 15 is 0 Å². The molecular formula is C15H22N2O. The van der Waals surface area contributed by atoms with Gasteiger partial charge in [0.15, 0.2) is 0 Å². The molecule has 2 aliphatic rings. The summed E-state index contributed by atoms with van der Waals surface area (Å²) < 4.78 is 0. The smallest absolute Gasteiger partial charge is 0.0667 e. The summed E-state index contributed by atoms with van der Waals surface area (Å²) in [4.78, 5) is 4.96.